The van der Waals surface area contributed by atoms with E-state index in [4.69, 9.17) is 22.2 Å². The van der Waals surface area contributed by atoms with E-state index in [1.807, 2.05) is 0 Å². The van der Waals surface area contributed by atoms with Gasteiger partial charge >= 0.3 is 6.18 Å². The van der Waals surface area contributed by atoms with Crippen LogP contribution in [0.5, 0.6) is 0 Å². The number of benzene rings is 1. The summed E-state index contributed by atoms with van der Waals surface area (Å²) in [5.74, 6) is 0. The molecule has 0 aliphatic heterocycles. The lowest BCUT2D eigenvalue weighted by atomic mass is 10.1. The zero-order chi connectivity index (χ0) is 13.1. The quantitative estimate of drug-likeness (QED) is 0.505. The average Bonchev–Trinajstić information content (AvgIpc) is 2.23. The van der Waals surface area contributed by atoms with Crippen molar-refractivity contribution in [2.24, 2.45) is 5.11 Å². The second-order valence-electron chi connectivity index (χ2n) is 3.14. The van der Waals surface area contributed by atoms with Gasteiger partial charge in [0, 0.05) is 4.91 Å². The molecule has 1 rings (SSSR count). The van der Waals surface area contributed by atoms with Gasteiger partial charge in [-0.05, 0) is 23.2 Å². The molecule has 0 bridgehead atoms. The second-order valence-corrected chi connectivity index (χ2v) is 3.55. The van der Waals surface area contributed by atoms with Gasteiger partial charge in [0.05, 0.1) is 23.2 Å². The lowest BCUT2D eigenvalue weighted by Gasteiger charge is -2.12. The number of aliphatic hydroxyl groups excluding tert-OH is 1. The minimum Gasteiger partial charge on any atom is -0.396 e. The smallest absolute Gasteiger partial charge is 0.396 e. The molecule has 0 spiro atoms. The van der Waals surface area contributed by atoms with Gasteiger partial charge in [-0.3, -0.25) is 0 Å². The number of halogens is 4. The van der Waals surface area contributed by atoms with E-state index in [0.29, 0.717) is 0 Å². The van der Waals surface area contributed by atoms with E-state index in [0.717, 1.165) is 18.2 Å². The van der Waals surface area contributed by atoms with Crippen LogP contribution in [0.1, 0.15) is 17.2 Å². The fourth-order valence-corrected chi connectivity index (χ4v) is 1.54. The van der Waals surface area contributed by atoms with Crippen LogP contribution in [0.2, 0.25) is 5.02 Å². The highest BCUT2D eigenvalue weighted by atomic mass is 35.5. The van der Waals surface area contributed by atoms with Crippen LogP contribution in [-0.2, 0) is 6.18 Å². The molecule has 1 N–H and O–H groups in total. The molecule has 0 fully saturated rings. The van der Waals surface area contributed by atoms with E-state index in [1.54, 1.807) is 0 Å². The van der Waals surface area contributed by atoms with Crippen molar-refractivity contribution in [3.05, 3.63) is 44.8 Å². The molecule has 0 saturated heterocycles. The van der Waals surface area contributed by atoms with Crippen LogP contribution in [0, 0.1) is 0 Å². The molecule has 92 valence electrons. The van der Waals surface area contributed by atoms with Crippen molar-refractivity contribution in [3.8, 4) is 0 Å². The summed E-state index contributed by atoms with van der Waals surface area (Å²) in [6.07, 6.45) is -4.54. The van der Waals surface area contributed by atoms with Gasteiger partial charge in [-0.15, -0.1) is 0 Å². The average molecular weight is 266 g/mol. The molecule has 0 aliphatic carbocycles. The summed E-state index contributed by atoms with van der Waals surface area (Å²) in [4.78, 5) is 2.48. The van der Waals surface area contributed by atoms with Gasteiger partial charge in [0.2, 0.25) is 0 Å². The van der Waals surface area contributed by atoms with Gasteiger partial charge in [-0.2, -0.15) is 13.2 Å². The number of rotatable bonds is 3. The highest BCUT2D eigenvalue weighted by molar-refractivity contribution is 6.31. The Hall–Kier alpha value is -1.43. The predicted octanol–water partition coefficient (Wildman–Crippen LogP) is 3.70. The molecular formula is C9H7ClF3N3O. The van der Waals surface area contributed by atoms with Gasteiger partial charge in [0.1, 0.15) is 0 Å². The largest absolute Gasteiger partial charge is 0.417 e. The third kappa shape index (κ3) is 3.26. The zero-order valence-electron chi connectivity index (χ0n) is 8.32. The number of nitrogens with zero attached hydrogens (tertiary/aromatic N) is 3. The molecule has 0 aliphatic rings. The SMILES string of the molecule is [N-]=[N+]=NC(CO)c1ccc(C(F)(F)F)c(Cl)c1. The maximum Gasteiger partial charge on any atom is 0.417 e. The summed E-state index contributed by atoms with van der Waals surface area (Å²) in [6.45, 7) is -0.508. The summed E-state index contributed by atoms with van der Waals surface area (Å²) in [5, 5.41) is 11.6. The Bertz CT molecular complexity index is 457. The first-order valence-corrected chi connectivity index (χ1v) is 4.79. The number of hydrogen-bond acceptors (Lipinski definition) is 2. The molecular weight excluding hydrogens is 259 g/mol. The molecule has 0 heterocycles. The van der Waals surface area contributed by atoms with Crippen molar-refractivity contribution in [2.45, 2.75) is 12.2 Å². The first-order valence-electron chi connectivity index (χ1n) is 4.42. The Morgan fingerprint density at radius 2 is 2.12 bits per heavy atom. The van der Waals surface area contributed by atoms with Gasteiger partial charge in [-0.25, -0.2) is 0 Å². The monoisotopic (exact) mass is 265 g/mol. The maximum atomic E-state index is 12.4. The molecule has 0 amide bonds. The molecule has 1 aromatic carbocycles. The fraction of sp³-hybridized carbons (Fsp3) is 0.333. The Morgan fingerprint density at radius 1 is 1.47 bits per heavy atom. The minimum atomic E-state index is -4.54. The molecule has 17 heavy (non-hydrogen) atoms. The van der Waals surface area contributed by atoms with E-state index in [2.05, 4.69) is 10.0 Å². The Kier molecular flexibility index (Phi) is 4.22. The minimum absolute atomic E-state index is 0.225. The van der Waals surface area contributed by atoms with Crippen LogP contribution in [0.3, 0.4) is 0 Å². The van der Waals surface area contributed by atoms with Gasteiger partial charge in [0.15, 0.2) is 0 Å². The van der Waals surface area contributed by atoms with E-state index >= 15 is 0 Å². The standard InChI is InChI=1S/C9H7ClF3N3O/c10-7-3-5(8(4-17)15-16-14)1-2-6(7)9(11,12)13/h1-3,8,17H,4H2. The highest BCUT2D eigenvalue weighted by Gasteiger charge is 2.33. The molecule has 1 unspecified atom stereocenters. The number of hydrogen-bond donors (Lipinski definition) is 1. The van der Waals surface area contributed by atoms with Crippen molar-refractivity contribution in [1.82, 2.24) is 0 Å². The van der Waals surface area contributed by atoms with Crippen molar-refractivity contribution in [3.63, 3.8) is 0 Å². The third-order valence-corrected chi connectivity index (χ3v) is 2.36. The van der Waals surface area contributed by atoms with Gasteiger partial charge < -0.3 is 5.11 Å². The van der Waals surface area contributed by atoms with Crippen LogP contribution in [0.4, 0.5) is 13.2 Å². The van der Waals surface area contributed by atoms with Crippen molar-refractivity contribution < 1.29 is 18.3 Å². The Morgan fingerprint density at radius 3 is 2.53 bits per heavy atom. The van der Waals surface area contributed by atoms with E-state index in [9.17, 15) is 13.2 Å². The van der Waals surface area contributed by atoms with Crippen LogP contribution >= 0.6 is 11.6 Å². The summed E-state index contributed by atoms with van der Waals surface area (Å²) >= 11 is 5.48. The van der Waals surface area contributed by atoms with E-state index in [1.165, 1.54) is 0 Å². The van der Waals surface area contributed by atoms with Crippen LogP contribution in [0.25, 0.3) is 10.4 Å². The third-order valence-electron chi connectivity index (χ3n) is 2.05. The summed E-state index contributed by atoms with van der Waals surface area (Å²) in [6, 6.07) is 1.98. The summed E-state index contributed by atoms with van der Waals surface area (Å²) in [7, 11) is 0. The molecule has 0 saturated carbocycles. The lowest BCUT2D eigenvalue weighted by Crippen LogP contribution is -2.07. The van der Waals surface area contributed by atoms with Gasteiger partial charge in [0.25, 0.3) is 0 Å². The number of aliphatic hydroxyl groups is 1. The predicted molar refractivity (Wildman–Crippen MR) is 55.4 cm³/mol. The topological polar surface area (TPSA) is 69.0 Å². The molecule has 1 atom stereocenters. The summed E-state index contributed by atoms with van der Waals surface area (Å²) in [5.41, 5.74) is 7.47. The molecule has 4 nitrogen and oxygen atoms in total. The van der Waals surface area contributed by atoms with Crippen LogP contribution in [0.15, 0.2) is 23.3 Å². The molecule has 8 heteroatoms. The maximum absolute atomic E-state index is 12.4. The second kappa shape index (κ2) is 5.27. The Balaban J connectivity index is 3.16. The van der Waals surface area contributed by atoms with Gasteiger partial charge in [-0.1, -0.05) is 22.8 Å². The normalized spacial score (nSPS) is 13.0. The van der Waals surface area contributed by atoms with Crippen molar-refractivity contribution in [1.29, 1.82) is 0 Å². The van der Waals surface area contributed by atoms with E-state index in [-0.39, 0.29) is 5.56 Å². The zero-order valence-corrected chi connectivity index (χ0v) is 9.07. The Labute approximate surface area is 99.3 Å². The summed E-state index contributed by atoms with van der Waals surface area (Å²) < 4.78 is 37.2. The molecule has 0 aromatic heterocycles. The van der Waals surface area contributed by atoms with E-state index < -0.39 is 29.4 Å². The molecule has 1 aromatic rings. The first-order chi connectivity index (χ1) is 7.90. The fourth-order valence-electron chi connectivity index (χ4n) is 1.24. The highest BCUT2D eigenvalue weighted by Crippen LogP contribution is 2.36. The number of alkyl halides is 3. The molecule has 0 radical (unpaired) electrons. The lowest BCUT2D eigenvalue weighted by molar-refractivity contribution is -0.137. The van der Waals surface area contributed by atoms with Crippen LogP contribution in [-0.4, -0.2) is 11.7 Å². The van der Waals surface area contributed by atoms with Crippen LogP contribution < -0.4 is 0 Å². The first kappa shape index (κ1) is 13.6. The number of azide groups is 1. The van der Waals surface area contributed by atoms with Crippen molar-refractivity contribution in [2.75, 3.05) is 6.61 Å². The van der Waals surface area contributed by atoms with Crippen molar-refractivity contribution >= 4 is 11.6 Å².